The van der Waals surface area contributed by atoms with Gasteiger partial charge in [-0.15, -0.1) is 0 Å². The molecule has 0 aliphatic rings. The van der Waals surface area contributed by atoms with Crippen LogP contribution in [0.2, 0.25) is 5.02 Å². The van der Waals surface area contributed by atoms with Crippen molar-refractivity contribution >= 4 is 52.5 Å². The highest BCUT2D eigenvalue weighted by Crippen LogP contribution is 2.16. The first-order chi connectivity index (χ1) is 12.5. The minimum atomic E-state index is -0.374. The van der Waals surface area contributed by atoms with Gasteiger partial charge in [0.25, 0.3) is 5.91 Å². The molecule has 5 nitrogen and oxygen atoms in total. The van der Waals surface area contributed by atoms with Gasteiger partial charge in [0.2, 0.25) is 5.91 Å². The maximum Gasteiger partial charge on any atom is 0.251 e. The molecule has 134 valence electrons. The zero-order valence-corrected chi connectivity index (χ0v) is 15.7. The molecule has 0 saturated heterocycles. The minimum absolute atomic E-state index is 0.139. The standard InChI is InChI=1S/C19H18ClN3O2S/c1-2-21-18(25)14-7-10-15(11-8-14)22-19(26)23-17(24)12-9-13-5-3-4-6-16(13)20/h3-12H,2H2,1H3,(H,21,25)(H2,22,23,24,26)/b12-9+. The lowest BCUT2D eigenvalue weighted by atomic mass is 10.2. The number of carbonyl (C=O) groups is 2. The van der Waals surface area contributed by atoms with Crippen LogP contribution in [0.1, 0.15) is 22.8 Å². The van der Waals surface area contributed by atoms with Gasteiger partial charge in [0.1, 0.15) is 0 Å². The molecule has 0 radical (unpaired) electrons. The second-order valence-electron chi connectivity index (χ2n) is 5.24. The molecule has 0 saturated carbocycles. The molecule has 0 aliphatic heterocycles. The third-order valence-corrected chi connectivity index (χ3v) is 3.85. The molecule has 0 aliphatic carbocycles. The summed E-state index contributed by atoms with van der Waals surface area (Å²) in [5, 5.41) is 8.87. The molecule has 0 bridgehead atoms. The zero-order valence-electron chi connectivity index (χ0n) is 14.1. The molecule has 26 heavy (non-hydrogen) atoms. The summed E-state index contributed by atoms with van der Waals surface area (Å²) in [6.45, 7) is 2.42. The predicted octanol–water partition coefficient (Wildman–Crippen LogP) is 3.62. The second-order valence-corrected chi connectivity index (χ2v) is 6.05. The first kappa shape index (κ1) is 19.6. The Hall–Kier alpha value is -2.70. The van der Waals surface area contributed by atoms with Crippen LogP contribution in [0.15, 0.2) is 54.6 Å². The summed E-state index contributed by atoms with van der Waals surface area (Å²) < 4.78 is 0. The lowest BCUT2D eigenvalue weighted by Gasteiger charge is -2.09. The largest absolute Gasteiger partial charge is 0.352 e. The number of hydrogen-bond acceptors (Lipinski definition) is 3. The Balaban J connectivity index is 1.89. The summed E-state index contributed by atoms with van der Waals surface area (Å²) >= 11 is 11.1. The predicted molar refractivity (Wildman–Crippen MR) is 109 cm³/mol. The topological polar surface area (TPSA) is 70.2 Å². The fourth-order valence-electron chi connectivity index (χ4n) is 2.06. The average Bonchev–Trinajstić information content (AvgIpc) is 2.61. The van der Waals surface area contributed by atoms with Crippen LogP contribution in [-0.2, 0) is 4.79 Å². The van der Waals surface area contributed by atoms with Crippen molar-refractivity contribution in [1.29, 1.82) is 0 Å². The highest BCUT2D eigenvalue weighted by molar-refractivity contribution is 7.80. The summed E-state index contributed by atoms with van der Waals surface area (Å²) in [6, 6.07) is 14.0. The van der Waals surface area contributed by atoms with Gasteiger partial charge in [0, 0.05) is 28.9 Å². The molecule has 0 spiro atoms. The Kier molecular flexibility index (Phi) is 7.32. The van der Waals surface area contributed by atoms with Crippen molar-refractivity contribution in [1.82, 2.24) is 10.6 Å². The van der Waals surface area contributed by atoms with Gasteiger partial charge in [-0.1, -0.05) is 29.8 Å². The lowest BCUT2D eigenvalue weighted by molar-refractivity contribution is -0.115. The van der Waals surface area contributed by atoms with Crippen molar-refractivity contribution in [2.75, 3.05) is 11.9 Å². The molecule has 2 amide bonds. The van der Waals surface area contributed by atoms with E-state index in [1.807, 2.05) is 19.1 Å². The maximum atomic E-state index is 11.9. The van der Waals surface area contributed by atoms with Crippen LogP contribution in [-0.4, -0.2) is 23.5 Å². The number of thiocarbonyl (C=S) groups is 1. The normalized spacial score (nSPS) is 10.4. The molecular weight excluding hydrogens is 370 g/mol. The van der Waals surface area contributed by atoms with E-state index in [1.54, 1.807) is 42.5 Å². The fraction of sp³-hybridized carbons (Fsp3) is 0.105. The van der Waals surface area contributed by atoms with Gasteiger partial charge in [0.15, 0.2) is 5.11 Å². The van der Waals surface area contributed by atoms with Crippen LogP contribution < -0.4 is 16.0 Å². The minimum Gasteiger partial charge on any atom is -0.352 e. The molecule has 3 N–H and O–H groups in total. The van der Waals surface area contributed by atoms with Crippen LogP contribution in [0.5, 0.6) is 0 Å². The highest BCUT2D eigenvalue weighted by atomic mass is 35.5. The lowest BCUT2D eigenvalue weighted by Crippen LogP contribution is -2.32. The SMILES string of the molecule is CCNC(=O)c1ccc(NC(=S)NC(=O)/C=C/c2ccccc2Cl)cc1. The molecular formula is C19H18ClN3O2S. The summed E-state index contributed by atoms with van der Waals surface area (Å²) in [5.74, 6) is -0.513. The van der Waals surface area contributed by atoms with E-state index in [-0.39, 0.29) is 16.9 Å². The van der Waals surface area contributed by atoms with E-state index in [0.717, 1.165) is 5.56 Å². The van der Waals surface area contributed by atoms with Crippen molar-refractivity contribution in [3.63, 3.8) is 0 Å². The first-order valence-electron chi connectivity index (χ1n) is 7.92. The fourth-order valence-corrected chi connectivity index (χ4v) is 2.48. The smallest absolute Gasteiger partial charge is 0.251 e. The van der Waals surface area contributed by atoms with Gasteiger partial charge in [-0.3, -0.25) is 14.9 Å². The Morgan fingerprint density at radius 1 is 1.12 bits per heavy atom. The van der Waals surface area contributed by atoms with E-state index in [2.05, 4.69) is 16.0 Å². The molecule has 0 heterocycles. The number of nitrogens with one attached hydrogen (secondary N) is 3. The molecule has 0 fully saturated rings. The van der Waals surface area contributed by atoms with Gasteiger partial charge in [-0.05, 0) is 61.1 Å². The number of rotatable bonds is 5. The van der Waals surface area contributed by atoms with Gasteiger partial charge >= 0.3 is 0 Å². The Labute approximate surface area is 162 Å². The van der Waals surface area contributed by atoms with Gasteiger partial charge < -0.3 is 10.6 Å². The Morgan fingerprint density at radius 3 is 2.46 bits per heavy atom. The van der Waals surface area contributed by atoms with E-state index < -0.39 is 0 Å². The van der Waals surface area contributed by atoms with Gasteiger partial charge in [0.05, 0.1) is 0 Å². The second kappa shape index (κ2) is 9.70. The van der Waals surface area contributed by atoms with Crippen molar-refractivity contribution < 1.29 is 9.59 Å². The zero-order chi connectivity index (χ0) is 18.9. The third kappa shape index (κ3) is 5.98. The van der Waals surface area contributed by atoms with Crippen molar-refractivity contribution in [2.45, 2.75) is 6.92 Å². The maximum absolute atomic E-state index is 11.9. The van der Waals surface area contributed by atoms with Gasteiger partial charge in [-0.25, -0.2) is 0 Å². The summed E-state index contributed by atoms with van der Waals surface area (Å²) in [5.41, 5.74) is 1.96. The monoisotopic (exact) mass is 387 g/mol. The van der Waals surface area contributed by atoms with Crippen LogP contribution in [0.4, 0.5) is 5.69 Å². The van der Waals surface area contributed by atoms with E-state index in [1.165, 1.54) is 6.08 Å². The number of halogens is 1. The molecule has 2 aromatic carbocycles. The van der Waals surface area contributed by atoms with Crippen LogP contribution in [0, 0.1) is 0 Å². The highest BCUT2D eigenvalue weighted by Gasteiger charge is 2.05. The third-order valence-electron chi connectivity index (χ3n) is 3.30. The van der Waals surface area contributed by atoms with Crippen molar-refractivity contribution in [2.24, 2.45) is 0 Å². The quantitative estimate of drug-likeness (QED) is 0.541. The van der Waals surface area contributed by atoms with Crippen LogP contribution in [0.25, 0.3) is 6.08 Å². The van der Waals surface area contributed by atoms with Crippen molar-refractivity contribution in [3.05, 3.63) is 70.8 Å². The van der Waals surface area contributed by atoms with E-state index in [0.29, 0.717) is 22.8 Å². The summed E-state index contributed by atoms with van der Waals surface area (Å²) in [7, 11) is 0. The van der Waals surface area contributed by atoms with Crippen LogP contribution >= 0.6 is 23.8 Å². The van der Waals surface area contributed by atoms with E-state index in [4.69, 9.17) is 23.8 Å². The van der Waals surface area contributed by atoms with E-state index in [9.17, 15) is 9.59 Å². The molecule has 0 atom stereocenters. The molecule has 7 heteroatoms. The molecule has 0 aromatic heterocycles. The first-order valence-corrected chi connectivity index (χ1v) is 8.71. The number of carbonyl (C=O) groups excluding carboxylic acids is 2. The molecule has 2 rings (SSSR count). The number of hydrogen-bond donors (Lipinski definition) is 3. The summed E-state index contributed by atoms with van der Waals surface area (Å²) in [6.07, 6.45) is 2.97. The average molecular weight is 388 g/mol. The number of anilines is 1. The van der Waals surface area contributed by atoms with Gasteiger partial charge in [-0.2, -0.15) is 0 Å². The number of amides is 2. The summed E-state index contributed by atoms with van der Waals surface area (Å²) in [4.78, 5) is 23.6. The van der Waals surface area contributed by atoms with E-state index >= 15 is 0 Å². The Bertz CT molecular complexity index is 835. The molecule has 0 unspecified atom stereocenters. The van der Waals surface area contributed by atoms with Crippen molar-refractivity contribution in [3.8, 4) is 0 Å². The van der Waals surface area contributed by atoms with Crippen LogP contribution in [0.3, 0.4) is 0 Å². The Morgan fingerprint density at radius 2 is 1.81 bits per heavy atom. The molecule has 2 aromatic rings. The number of benzene rings is 2.